The summed E-state index contributed by atoms with van der Waals surface area (Å²) in [5.74, 6) is 5.03. The molecular weight excluding hydrogens is 180 g/mol. The van der Waals surface area contributed by atoms with Crippen LogP contribution in [0.25, 0.3) is 0 Å². The Morgan fingerprint density at radius 1 is 1.42 bits per heavy atom. The lowest BCUT2D eigenvalue weighted by atomic mass is 10.6. The van der Waals surface area contributed by atoms with Crippen LogP contribution in [0, 0.1) is 0 Å². The monoisotopic (exact) mass is 188 g/mol. The van der Waals surface area contributed by atoms with E-state index in [1.807, 2.05) is 0 Å². The highest BCUT2D eigenvalue weighted by atomic mass is 32.2. The summed E-state index contributed by atoms with van der Waals surface area (Å²) in [6.45, 7) is 0. The number of hydrogen-bond donors (Lipinski definition) is 2. The van der Waals surface area contributed by atoms with Crippen LogP contribution >= 0.6 is 0 Å². The lowest BCUT2D eigenvalue weighted by Gasteiger charge is -1.98. The zero-order valence-electron chi connectivity index (χ0n) is 6.35. The minimum absolute atomic E-state index is 0.207. The molecule has 7 heteroatoms. The van der Waals surface area contributed by atoms with Crippen LogP contribution < -0.4 is 11.3 Å². The van der Waals surface area contributed by atoms with Gasteiger partial charge in [-0.3, -0.25) is 5.84 Å². The molecule has 0 saturated heterocycles. The number of hydrogen-bond acceptors (Lipinski definition) is 6. The van der Waals surface area contributed by atoms with Gasteiger partial charge in [-0.05, 0) is 0 Å². The molecule has 1 heterocycles. The number of nitrogens with one attached hydrogen (secondary N) is 1. The van der Waals surface area contributed by atoms with Crippen molar-refractivity contribution in [1.82, 2.24) is 9.97 Å². The van der Waals surface area contributed by atoms with E-state index in [2.05, 4.69) is 15.4 Å². The van der Waals surface area contributed by atoms with Gasteiger partial charge in [-0.1, -0.05) is 0 Å². The molecule has 0 aliphatic rings. The third kappa shape index (κ3) is 1.89. The van der Waals surface area contributed by atoms with Crippen LogP contribution in [0.2, 0.25) is 0 Å². The van der Waals surface area contributed by atoms with Crippen molar-refractivity contribution in [2.75, 3.05) is 11.7 Å². The molecule has 0 radical (unpaired) electrons. The second kappa shape index (κ2) is 3.03. The van der Waals surface area contributed by atoms with Crippen molar-refractivity contribution < 1.29 is 8.42 Å². The average Bonchev–Trinajstić information content (AvgIpc) is 2.03. The summed E-state index contributed by atoms with van der Waals surface area (Å²) in [6.07, 6.45) is 3.63. The van der Waals surface area contributed by atoms with Gasteiger partial charge in [0.2, 0.25) is 15.0 Å². The molecular formula is C5H8N4O2S. The van der Waals surface area contributed by atoms with Gasteiger partial charge in [-0.2, -0.15) is 0 Å². The SMILES string of the molecule is CS(=O)(=O)c1ncc(NN)cn1. The molecule has 3 N–H and O–H groups in total. The van der Waals surface area contributed by atoms with E-state index in [0.29, 0.717) is 5.69 Å². The molecule has 0 bridgehead atoms. The van der Waals surface area contributed by atoms with E-state index in [4.69, 9.17) is 5.84 Å². The minimum Gasteiger partial charge on any atom is -0.321 e. The van der Waals surface area contributed by atoms with Gasteiger partial charge in [0, 0.05) is 6.26 Å². The summed E-state index contributed by atoms with van der Waals surface area (Å²) in [4.78, 5) is 7.16. The van der Waals surface area contributed by atoms with Crippen LogP contribution in [0.15, 0.2) is 17.6 Å². The topological polar surface area (TPSA) is 98.0 Å². The van der Waals surface area contributed by atoms with E-state index in [1.54, 1.807) is 0 Å². The normalized spacial score (nSPS) is 11.2. The van der Waals surface area contributed by atoms with E-state index in [9.17, 15) is 8.42 Å². The summed E-state index contributed by atoms with van der Waals surface area (Å²) >= 11 is 0. The maximum atomic E-state index is 10.9. The second-order valence-electron chi connectivity index (χ2n) is 2.17. The molecule has 0 fully saturated rings. The molecule has 66 valence electrons. The van der Waals surface area contributed by atoms with E-state index >= 15 is 0 Å². The number of nitrogen functional groups attached to an aromatic ring is 1. The lowest BCUT2D eigenvalue weighted by molar-refractivity contribution is 0.593. The number of rotatable bonds is 2. The summed E-state index contributed by atoms with van der Waals surface area (Å²) in [5.41, 5.74) is 2.75. The van der Waals surface area contributed by atoms with Crippen molar-refractivity contribution in [3.63, 3.8) is 0 Å². The highest BCUT2D eigenvalue weighted by molar-refractivity contribution is 7.90. The van der Waals surface area contributed by atoms with Crippen molar-refractivity contribution in [1.29, 1.82) is 0 Å². The highest BCUT2D eigenvalue weighted by Crippen LogP contribution is 2.03. The van der Waals surface area contributed by atoms with Crippen LogP contribution in [0.4, 0.5) is 5.69 Å². The van der Waals surface area contributed by atoms with Crippen LogP contribution in [0.5, 0.6) is 0 Å². The fraction of sp³-hybridized carbons (Fsp3) is 0.200. The number of nitrogens with two attached hydrogens (primary N) is 1. The Hall–Kier alpha value is -1.21. The van der Waals surface area contributed by atoms with Crippen LogP contribution in [0.3, 0.4) is 0 Å². The largest absolute Gasteiger partial charge is 0.321 e. The van der Waals surface area contributed by atoms with Crippen molar-refractivity contribution in [3.05, 3.63) is 12.4 Å². The molecule has 0 aliphatic heterocycles. The van der Waals surface area contributed by atoms with Gasteiger partial charge in [0.05, 0.1) is 18.1 Å². The highest BCUT2D eigenvalue weighted by Gasteiger charge is 2.09. The number of nitrogens with zero attached hydrogens (tertiary/aromatic N) is 2. The third-order valence-corrected chi connectivity index (χ3v) is 2.00. The summed E-state index contributed by atoms with van der Waals surface area (Å²) in [6, 6.07) is 0. The Morgan fingerprint density at radius 3 is 2.25 bits per heavy atom. The maximum absolute atomic E-state index is 10.9. The maximum Gasteiger partial charge on any atom is 0.246 e. The molecule has 1 aromatic heterocycles. The van der Waals surface area contributed by atoms with Crippen LogP contribution in [-0.2, 0) is 9.84 Å². The minimum atomic E-state index is -3.32. The Balaban J connectivity index is 3.09. The van der Waals surface area contributed by atoms with Crippen LogP contribution in [0.1, 0.15) is 0 Å². The van der Waals surface area contributed by atoms with Crippen molar-refractivity contribution in [3.8, 4) is 0 Å². The molecule has 0 amide bonds. The first-order chi connectivity index (χ1) is 5.54. The molecule has 0 atom stereocenters. The number of sulfone groups is 1. The molecule has 6 nitrogen and oxygen atoms in total. The zero-order chi connectivity index (χ0) is 9.19. The average molecular weight is 188 g/mol. The molecule has 0 aromatic carbocycles. The smallest absolute Gasteiger partial charge is 0.246 e. The van der Waals surface area contributed by atoms with Gasteiger partial charge in [0.25, 0.3) is 0 Å². The number of aromatic nitrogens is 2. The second-order valence-corrected chi connectivity index (χ2v) is 4.08. The molecule has 0 spiro atoms. The summed E-state index contributed by atoms with van der Waals surface area (Å²) in [7, 11) is -3.32. The zero-order valence-corrected chi connectivity index (χ0v) is 7.17. The van der Waals surface area contributed by atoms with Gasteiger partial charge in [-0.25, -0.2) is 18.4 Å². The van der Waals surface area contributed by atoms with Crippen molar-refractivity contribution in [2.24, 2.45) is 5.84 Å². The molecule has 12 heavy (non-hydrogen) atoms. The quantitative estimate of drug-likeness (QED) is 0.357. The Morgan fingerprint density at radius 2 is 1.92 bits per heavy atom. The van der Waals surface area contributed by atoms with Gasteiger partial charge >= 0.3 is 0 Å². The first kappa shape index (κ1) is 8.88. The summed E-state index contributed by atoms with van der Waals surface area (Å²) < 4.78 is 21.7. The Bertz CT molecular complexity index is 358. The molecule has 0 saturated carbocycles. The first-order valence-electron chi connectivity index (χ1n) is 3.03. The third-order valence-electron chi connectivity index (χ3n) is 1.13. The predicted octanol–water partition coefficient (Wildman–Crippen LogP) is -0.834. The van der Waals surface area contributed by atoms with Gasteiger partial charge in [-0.15, -0.1) is 0 Å². The molecule has 0 aliphatic carbocycles. The predicted molar refractivity (Wildman–Crippen MR) is 43.0 cm³/mol. The number of hydrazine groups is 1. The van der Waals surface area contributed by atoms with E-state index in [0.717, 1.165) is 6.26 Å². The fourth-order valence-corrected chi connectivity index (χ4v) is 1.07. The molecule has 1 rings (SSSR count). The summed E-state index contributed by atoms with van der Waals surface area (Å²) in [5, 5.41) is -0.207. The molecule has 1 aromatic rings. The van der Waals surface area contributed by atoms with E-state index < -0.39 is 9.84 Å². The first-order valence-corrected chi connectivity index (χ1v) is 4.92. The van der Waals surface area contributed by atoms with Crippen molar-refractivity contribution in [2.45, 2.75) is 5.16 Å². The van der Waals surface area contributed by atoms with E-state index in [-0.39, 0.29) is 5.16 Å². The molecule has 0 unspecified atom stereocenters. The van der Waals surface area contributed by atoms with E-state index in [1.165, 1.54) is 12.4 Å². The standard InChI is InChI=1S/C5H8N4O2S/c1-12(10,11)5-7-2-4(9-6)3-8-5/h2-3,9H,6H2,1H3. The lowest BCUT2D eigenvalue weighted by Crippen LogP contribution is -2.09. The van der Waals surface area contributed by atoms with Gasteiger partial charge < -0.3 is 5.43 Å². The van der Waals surface area contributed by atoms with Crippen molar-refractivity contribution >= 4 is 15.5 Å². The van der Waals surface area contributed by atoms with Gasteiger partial charge in [0.1, 0.15) is 0 Å². The Kier molecular flexibility index (Phi) is 2.25. The fourth-order valence-electron chi connectivity index (χ4n) is 0.582. The Labute approximate surface area is 69.7 Å². The number of anilines is 1. The van der Waals surface area contributed by atoms with Crippen LogP contribution in [-0.4, -0.2) is 24.6 Å². The van der Waals surface area contributed by atoms with Gasteiger partial charge in [0.15, 0.2) is 0 Å².